The predicted octanol–water partition coefficient (Wildman–Crippen LogP) is 2.23. The smallest absolute Gasteiger partial charge is 0.321 e. The molecule has 1 aromatic carbocycles. The molecule has 1 atom stereocenters. The first-order valence-electron chi connectivity index (χ1n) is 4.95. The van der Waals surface area contributed by atoms with Gasteiger partial charge >= 0.3 is 5.97 Å². The summed E-state index contributed by atoms with van der Waals surface area (Å²) in [5.74, 6) is -2.41. The minimum absolute atomic E-state index is 0.321. The molecule has 0 amide bonds. The van der Waals surface area contributed by atoms with Crippen LogP contribution in [0.3, 0.4) is 0 Å². The Morgan fingerprint density at radius 1 is 1.42 bits per heavy atom. The highest BCUT2D eigenvalue weighted by Gasteiger charge is 2.32. The molecule has 0 heterocycles. The fourth-order valence-corrected chi connectivity index (χ4v) is 3.26. The molecule has 0 aliphatic carbocycles. The normalized spacial score (nSPS) is 13.6. The molecule has 1 N–H and O–H groups in total. The molecular weight excluding hydrogens is 320 g/mol. The molecule has 0 bridgehead atoms. The topological polar surface area (TPSA) is 74.7 Å². The van der Waals surface area contributed by atoms with Crippen LogP contribution in [0, 0.1) is 5.82 Å². The molecule has 0 fully saturated rings. The van der Waals surface area contributed by atoms with Gasteiger partial charge in [-0.3, -0.25) is 4.79 Å². The molecule has 0 aromatic heterocycles. The van der Waals surface area contributed by atoms with Gasteiger partial charge in [-0.25, -0.2) is 12.8 Å². The van der Waals surface area contributed by atoms with Crippen LogP contribution in [0.5, 0.6) is 0 Å². The van der Waals surface area contributed by atoms with E-state index in [0.717, 1.165) is 19.2 Å². The fourth-order valence-electron chi connectivity index (χ4n) is 1.23. The summed E-state index contributed by atoms with van der Waals surface area (Å²) >= 11 is 11.1. The van der Waals surface area contributed by atoms with Crippen molar-refractivity contribution in [2.45, 2.75) is 17.9 Å². The van der Waals surface area contributed by atoms with Crippen molar-refractivity contribution >= 4 is 39.2 Å². The number of carboxylic acid groups (broad SMARTS) is 1. The Kier molecular flexibility index (Phi) is 4.78. The Hall–Kier alpha value is -0.890. The standard InChI is InChI=1S/C10H10Cl2FNO4S/c1-5(10(15)16)14(2)19(17,18)7-4-3-6(11)9(13)8(7)12/h3-5H,1-2H3,(H,15,16). The lowest BCUT2D eigenvalue weighted by molar-refractivity contribution is -0.140. The summed E-state index contributed by atoms with van der Waals surface area (Å²) in [7, 11) is -3.16. The molecule has 106 valence electrons. The number of rotatable bonds is 4. The van der Waals surface area contributed by atoms with Crippen LogP contribution in [0.1, 0.15) is 6.92 Å². The molecule has 1 aromatic rings. The van der Waals surface area contributed by atoms with Crippen molar-refractivity contribution < 1.29 is 22.7 Å². The van der Waals surface area contributed by atoms with Crippen molar-refractivity contribution in [3.8, 4) is 0 Å². The van der Waals surface area contributed by atoms with Crippen molar-refractivity contribution in [3.63, 3.8) is 0 Å². The van der Waals surface area contributed by atoms with E-state index in [9.17, 15) is 17.6 Å². The molecule has 0 radical (unpaired) electrons. The summed E-state index contributed by atoms with van der Waals surface area (Å²) in [5.41, 5.74) is 0. The van der Waals surface area contributed by atoms with Crippen LogP contribution in [0.2, 0.25) is 10.0 Å². The summed E-state index contributed by atoms with van der Waals surface area (Å²) in [6.07, 6.45) is 0. The quantitative estimate of drug-likeness (QED) is 0.859. The number of sulfonamides is 1. The van der Waals surface area contributed by atoms with Crippen molar-refractivity contribution in [1.82, 2.24) is 4.31 Å². The highest BCUT2D eigenvalue weighted by molar-refractivity contribution is 7.89. The number of halogens is 3. The first-order chi connectivity index (χ1) is 8.60. The number of carboxylic acids is 1. The highest BCUT2D eigenvalue weighted by atomic mass is 35.5. The predicted molar refractivity (Wildman–Crippen MR) is 68.5 cm³/mol. The van der Waals surface area contributed by atoms with Gasteiger partial charge in [0.15, 0.2) is 5.82 Å². The maximum atomic E-state index is 13.5. The Balaban J connectivity index is 3.37. The van der Waals surface area contributed by atoms with Crippen LogP contribution in [-0.4, -0.2) is 36.9 Å². The molecule has 19 heavy (non-hydrogen) atoms. The zero-order valence-electron chi connectivity index (χ0n) is 9.89. The number of carbonyl (C=O) groups is 1. The highest BCUT2D eigenvalue weighted by Crippen LogP contribution is 2.31. The van der Waals surface area contributed by atoms with E-state index in [1.54, 1.807) is 0 Å². The van der Waals surface area contributed by atoms with E-state index in [1.165, 1.54) is 6.92 Å². The average molecular weight is 330 g/mol. The van der Waals surface area contributed by atoms with E-state index < -0.39 is 37.8 Å². The number of nitrogens with zero attached hydrogens (tertiary/aromatic N) is 1. The molecule has 0 aliphatic heterocycles. The van der Waals surface area contributed by atoms with Gasteiger partial charge in [-0.2, -0.15) is 4.31 Å². The largest absolute Gasteiger partial charge is 0.480 e. The van der Waals surface area contributed by atoms with Crippen molar-refractivity contribution in [2.75, 3.05) is 7.05 Å². The minimum atomic E-state index is -4.23. The number of benzene rings is 1. The fraction of sp³-hybridized carbons (Fsp3) is 0.300. The zero-order chi connectivity index (χ0) is 15.0. The summed E-state index contributed by atoms with van der Waals surface area (Å²) in [6.45, 7) is 1.18. The van der Waals surface area contributed by atoms with Gasteiger partial charge in [-0.1, -0.05) is 23.2 Å². The van der Waals surface area contributed by atoms with Gasteiger partial charge in [-0.15, -0.1) is 0 Å². The van der Waals surface area contributed by atoms with Gasteiger partial charge in [0.1, 0.15) is 10.9 Å². The second-order valence-electron chi connectivity index (χ2n) is 3.71. The van der Waals surface area contributed by atoms with Gasteiger partial charge < -0.3 is 5.11 Å². The van der Waals surface area contributed by atoms with Gasteiger partial charge in [0.05, 0.1) is 10.0 Å². The maximum absolute atomic E-state index is 13.5. The van der Waals surface area contributed by atoms with Crippen LogP contribution in [0.4, 0.5) is 4.39 Å². The summed E-state index contributed by atoms with van der Waals surface area (Å²) in [4.78, 5) is 10.3. The molecule has 1 rings (SSSR count). The maximum Gasteiger partial charge on any atom is 0.321 e. The monoisotopic (exact) mass is 329 g/mol. The van der Waals surface area contributed by atoms with E-state index in [0.29, 0.717) is 4.31 Å². The first kappa shape index (κ1) is 16.2. The van der Waals surface area contributed by atoms with E-state index in [2.05, 4.69) is 0 Å². The number of aliphatic carboxylic acids is 1. The minimum Gasteiger partial charge on any atom is -0.480 e. The molecule has 1 unspecified atom stereocenters. The molecule has 0 saturated heterocycles. The SMILES string of the molecule is CC(C(=O)O)N(C)S(=O)(=O)c1ccc(Cl)c(F)c1Cl. The van der Waals surface area contributed by atoms with Crippen molar-refractivity contribution in [2.24, 2.45) is 0 Å². The average Bonchev–Trinajstić information content (AvgIpc) is 2.33. The van der Waals surface area contributed by atoms with Crippen molar-refractivity contribution in [1.29, 1.82) is 0 Å². The van der Waals surface area contributed by atoms with Gasteiger partial charge in [-0.05, 0) is 19.1 Å². The Bertz CT molecular complexity index is 620. The van der Waals surface area contributed by atoms with Crippen LogP contribution in [0.25, 0.3) is 0 Å². The molecule has 0 spiro atoms. The lowest BCUT2D eigenvalue weighted by atomic mass is 10.3. The van der Waals surface area contributed by atoms with E-state index in [1.807, 2.05) is 0 Å². The number of hydrogen-bond donors (Lipinski definition) is 1. The second kappa shape index (κ2) is 5.62. The second-order valence-corrected chi connectivity index (χ2v) is 6.46. The zero-order valence-corrected chi connectivity index (χ0v) is 12.2. The van der Waals surface area contributed by atoms with Gasteiger partial charge in [0.25, 0.3) is 0 Å². The van der Waals surface area contributed by atoms with Gasteiger partial charge in [0, 0.05) is 7.05 Å². The van der Waals surface area contributed by atoms with Gasteiger partial charge in [0.2, 0.25) is 10.0 Å². The molecule has 0 aliphatic rings. The number of likely N-dealkylation sites (N-methyl/N-ethyl adjacent to an activating group) is 1. The van der Waals surface area contributed by atoms with Crippen LogP contribution < -0.4 is 0 Å². The molecule has 9 heteroatoms. The van der Waals surface area contributed by atoms with Crippen LogP contribution >= 0.6 is 23.2 Å². The van der Waals surface area contributed by atoms with E-state index in [4.69, 9.17) is 28.3 Å². The third kappa shape index (κ3) is 3.00. The first-order valence-corrected chi connectivity index (χ1v) is 7.14. The van der Waals surface area contributed by atoms with E-state index >= 15 is 0 Å². The molecular formula is C10H10Cl2FNO4S. The Morgan fingerprint density at radius 2 is 1.95 bits per heavy atom. The summed E-state index contributed by atoms with van der Waals surface area (Å²) in [5, 5.41) is 7.81. The Morgan fingerprint density at radius 3 is 2.42 bits per heavy atom. The lowest BCUT2D eigenvalue weighted by Crippen LogP contribution is -2.40. The molecule has 5 nitrogen and oxygen atoms in total. The number of hydrogen-bond acceptors (Lipinski definition) is 3. The molecule has 0 saturated carbocycles. The third-order valence-corrected chi connectivity index (χ3v) is 5.30. The summed E-state index contributed by atoms with van der Waals surface area (Å²) < 4.78 is 38.3. The third-order valence-electron chi connectivity index (χ3n) is 2.56. The lowest BCUT2D eigenvalue weighted by Gasteiger charge is -2.21. The van der Waals surface area contributed by atoms with E-state index in [-0.39, 0.29) is 5.02 Å². The summed E-state index contributed by atoms with van der Waals surface area (Å²) in [6, 6.07) is 0.739. The van der Waals surface area contributed by atoms with Crippen LogP contribution in [0.15, 0.2) is 17.0 Å². The van der Waals surface area contributed by atoms with Crippen molar-refractivity contribution in [3.05, 3.63) is 28.0 Å². The van der Waals surface area contributed by atoms with Crippen LogP contribution in [-0.2, 0) is 14.8 Å². The Labute approximate surface area is 119 Å².